The molecule has 2 aliphatic rings. The Labute approximate surface area is 130 Å². The molecule has 0 aromatic carbocycles. The molecule has 2 fully saturated rings. The van der Waals surface area contributed by atoms with Crippen molar-refractivity contribution in [3.05, 3.63) is 0 Å². The van der Waals surface area contributed by atoms with Crippen molar-refractivity contribution in [3.63, 3.8) is 0 Å². The highest BCUT2D eigenvalue weighted by Gasteiger charge is 2.59. The Morgan fingerprint density at radius 1 is 1.09 bits per heavy atom. The van der Waals surface area contributed by atoms with Gasteiger partial charge in [0, 0.05) is 0 Å². The van der Waals surface area contributed by atoms with Gasteiger partial charge in [-0.2, -0.15) is 17.6 Å². The largest absolute Gasteiger partial charge is 0.459 e. The molecule has 2 saturated carbocycles. The van der Waals surface area contributed by atoms with Crippen LogP contribution in [0, 0.1) is 29.6 Å². The van der Waals surface area contributed by atoms with Crippen molar-refractivity contribution in [2.75, 3.05) is 6.61 Å². The topological polar surface area (TPSA) is 26.3 Å². The summed E-state index contributed by atoms with van der Waals surface area (Å²) in [5.74, 6) is -10.2. The van der Waals surface area contributed by atoms with Crippen LogP contribution in [0.2, 0.25) is 0 Å². The number of esters is 1. The Kier molecular flexibility index (Phi) is 4.93. The highest BCUT2D eigenvalue weighted by Crippen LogP contribution is 2.55. The Hall–Kier alpha value is -0.950. The Balaban J connectivity index is 1.92. The third-order valence-electron chi connectivity index (χ3n) is 5.54. The van der Waals surface area contributed by atoms with Gasteiger partial charge in [-0.25, -0.2) is 8.78 Å². The van der Waals surface area contributed by atoms with E-state index in [0.717, 1.165) is 6.42 Å². The molecule has 8 heteroatoms. The first kappa shape index (κ1) is 18.4. The van der Waals surface area contributed by atoms with E-state index < -0.39 is 43.2 Å². The molecule has 0 amide bonds. The van der Waals surface area contributed by atoms with E-state index in [1.807, 2.05) is 6.92 Å². The smallest absolute Gasteiger partial charge is 0.343 e. The molecule has 0 spiro atoms. The fourth-order valence-electron chi connectivity index (χ4n) is 3.93. The predicted octanol–water partition coefficient (Wildman–Crippen LogP) is 4.38. The van der Waals surface area contributed by atoms with Gasteiger partial charge < -0.3 is 4.74 Å². The lowest BCUT2D eigenvalue weighted by atomic mass is 9.76. The molecule has 5 unspecified atom stereocenters. The summed E-state index contributed by atoms with van der Waals surface area (Å²) in [6.45, 7) is 2.17. The first-order valence-corrected chi connectivity index (χ1v) is 7.66. The molecule has 2 aliphatic carbocycles. The lowest BCUT2D eigenvalue weighted by Gasteiger charge is -2.31. The van der Waals surface area contributed by atoms with E-state index in [1.165, 1.54) is 0 Å². The van der Waals surface area contributed by atoms with Crippen molar-refractivity contribution in [1.29, 1.82) is 0 Å². The molecule has 0 aromatic rings. The quantitative estimate of drug-likeness (QED) is 0.527. The van der Waals surface area contributed by atoms with Crippen LogP contribution >= 0.6 is 0 Å². The second kappa shape index (κ2) is 6.16. The van der Waals surface area contributed by atoms with Crippen molar-refractivity contribution < 1.29 is 35.9 Å². The van der Waals surface area contributed by atoms with E-state index in [2.05, 4.69) is 11.7 Å². The number of fused-ring (bicyclic) bond motifs is 2. The summed E-state index contributed by atoms with van der Waals surface area (Å²) in [4.78, 5) is 11.9. The van der Waals surface area contributed by atoms with Gasteiger partial charge in [-0.1, -0.05) is 13.8 Å². The van der Waals surface area contributed by atoms with Crippen molar-refractivity contribution >= 4 is 5.97 Å². The molecule has 0 N–H and O–H groups in total. The number of alkyl halides is 6. The molecular weight excluding hydrogens is 326 g/mol. The predicted molar refractivity (Wildman–Crippen MR) is 69.5 cm³/mol. The van der Waals surface area contributed by atoms with Gasteiger partial charge in [-0.3, -0.25) is 4.79 Å². The van der Waals surface area contributed by atoms with Crippen molar-refractivity contribution in [2.45, 2.75) is 51.4 Å². The molecule has 2 bridgehead atoms. The van der Waals surface area contributed by atoms with Gasteiger partial charge in [-0.15, -0.1) is 0 Å². The zero-order valence-corrected chi connectivity index (χ0v) is 12.9. The maximum Gasteiger partial charge on any atom is 0.343 e. The lowest BCUT2D eigenvalue weighted by molar-refractivity contribution is -0.244. The summed E-state index contributed by atoms with van der Waals surface area (Å²) in [6.07, 6.45) is -4.52. The zero-order valence-electron chi connectivity index (χ0n) is 12.9. The van der Waals surface area contributed by atoms with Gasteiger partial charge in [0.15, 0.2) is 6.61 Å². The molecule has 5 atom stereocenters. The average molecular weight is 346 g/mol. The van der Waals surface area contributed by atoms with Crippen LogP contribution in [0.1, 0.15) is 33.1 Å². The third kappa shape index (κ3) is 3.45. The Bertz CT molecular complexity index is 451. The van der Waals surface area contributed by atoms with Crippen molar-refractivity contribution in [2.24, 2.45) is 29.6 Å². The maximum atomic E-state index is 13.4. The molecule has 2 nitrogen and oxygen atoms in total. The molecule has 0 aromatic heterocycles. The van der Waals surface area contributed by atoms with Crippen LogP contribution in [0.3, 0.4) is 0 Å². The molecule has 23 heavy (non-hydrogen) atoms. The number of ether oxygens (including phenoxy) is 1. The molecular formula is C15H20F6O2. The van der Waals surface area contributed by atoms with E-state index in [9.17, 15) is 31.1 Å². The highest BCUT2D eigenvalue weighted by molar-refractivity contribution is 5.73. The van der Waals surface area contributed by atoms with Gasteiger partial charge in [0.1, 0.15) is 0 Å². The summed E-state index contributed by atoms with van der Waals surface area (Å²) in [5.41, 5.74) is 0. The summed E-state index contributed by atoms with van der Waals surface area (Å²) in [6, 6.07) is 0. The molecule has 0 radical (unpaired) electrons. The monoisotopic (exact) mass is 346 g/mol. The van der Waals surface area contributed by atoms with Crippen LogP contribution in [0.4, 0.5) is 26.3 Å². The van der Waals surface area contributed by atoms with E-state index in [0.29, 0.717) is 18.3 Å². The minimum Gasteiger partial charge on any atom is -0.459 e. The van der Waals surface area contributed by atoms with E-state index in [4.69, 9.17) is 0 Å². The minimum absolute atomic E-state index is 0.0118. The third-order valence-corrected chi connectivity index (χ3v) is 5.54. The van der Waals surface area contributed by atoms with Gasteiger partial charge >= 0.3 is 17.8 Å². The van der Waals surface area contributed by atoms with Crippen molar-refractivity contribution in [3.8, 4) is 0 Å². The van der Waals surface area contributed by atoms with E-state index >= 15 is 0 Å². The molecule has 0 saturated heterocycles. The summed E-state index contributed by atoms with van der Waals surface area (Å²) < 4.78 is 81.3. The second-order valence-corrected chi connectivity index (χ2v) is 6.83. The highest BCUT2D eigenvalue weighted by atomic mass is 19.3. The average Bonchev–Trinajstić information content (AvgIpc) is 2.96. The van der Waals surface area contributed by atoms with E-state index in [1.54, 1.807) is 0 Å². The maximum absolute atomic E-state index is 13.4. The molecule has 134 valence electrons. The molecule has 0 heterocycles. The van der Waals surface area contributed by atoms with E-state index in [-0.39, 0.29) is 11.8 Å². The first-order chi connectivity index (χ1) is 10.5. The normalized spacial score (nSPS) is 34.2. The number of carbonyl (C=O) groups excluding carboxylic acids is 1. The number of hydrogen-bond acceptors (Lipinski definition) is 2. The van der Waals surface area contributed by atoms with Gasteiger partial charge in [0.2, 0.25) is 6.43 Å². The second-order valence-electron chi connectivity index (χ2n) is 6.83. The summed E-state index contributed by atoms with van der Waals surface area (Å²) in [7, 11) is 0. The molecule has 2 rings (SSSR count). The fraction of sp³-hybridized carbons (Fsp3) is 0.933. The van der Waals surface area contributed by atoms with Crippen LogP contribution in [-0.4, -0.2) is 30.8 Å². The number of halogens is 6. The van der Waals surface area contributed by atoms with Crippen LogP contribution in [0.15, 0.2) is 0 Å². The minimum atomic E-state index is -4.92. The van der Waals surface area contributed by atoms with Crippen LogP contribution < -0.4 is 0 Å². The fourth-order valence-corrected chi connectivity index (χ4v) is 3.93. The number of rotatable bonds is 6. The van der Waals surface area contributed by atoms with Gasteiger partial charge in [0.25, 0.3) is 0 Å². The Morgan fingerprint density at radius 3 is 2.17 bits per heavy atom. The standard InChI is InChI=1S/C15H20F6O2/c1-7-8(2)10-3-9(7)4-11(10)13(22)23-6-15(20,21)14(18,19)5-12(16)17/h7-12H,3-6H2,1-2H3. The van der Waals surface area contributed by atoms with Crippen LogP contribution in [0.5, 0.6) is 0 Å². The van der Waals surface area contributed by atoms with Gasteiger partial charge in [0.05, 0.1) is 12.3 Å². The van der Waals surface area contributed by atoms with Gasteiger partial charge in [-0.05, 0) is 36.5 Å². The lowest BCUT2D eigenvalue weighted by Crippen LogP contribution is -2.46. The summed E-state index contributed by atoms with van der Waals surface area (Å²) >= 11 is 0. The number of carbonyl (C=O) groups is 1. The van der Waals surface area contributed by atoms with Crippen LogP contribution in [0.25, 0.3) is 0 Å². The van der Waals surface area contributed by atoms with Crippen LogP contribution in [-0.2, 0) is 9.53 Å². The van der Waals surface area contributed by atoms with Crippen molar-refractivity contribution in [1.82, 2.24) is 0 Å². The zero-order chi connectivity index (χ0) is 17.6. The Morgan fingerprint density at radius 2 is 1.70 bits per heavy atom. The number of hydrogen-bond donors (Lipinski definition) is 0. The summed E-state index contributed by atoms with van der Waals surface area (Å²) in [5, 5.41) is 0. The first-order valence-electron chi connectivity index (χ1n) is 7.66. The SMILES string of the molecule is CC1C2CC(C(=O)OCC(F)(F)C(F)(F)CC(F)F)C(C2)C1C. The molecule has 0 aliphatic heterocycles.